The van der Waals surface area contributed by atoms with Gasteiger partial charge in [-0.2, -0.15) is 10.4 Å². The summed E-state index contributed by atoms with van der Waals surface area (Å²) in [5, 5.41) is 24.7. The molecule has 0 radical (unpaired) electrons. The number of rotatable bonds is 5. The molecule has 0 spiro atoms. The quantitative estimate of drug-likeness (QED) is 0.531. The van der Waals surface area contributed by atoms with E-state index in [0.717, 1.165) is 11.3 Å². The smallest absolute Gasteiger partial charge is 0.170 e. The third kappa shape index (κ3) is 4.29. The van der Waals surface area contributed by atoms with Crippen molar-refractivity contribution in [3.05, 3.63) is 75.3 Å². The number of pyridine rings is 1. The minimum Gasteiger partial charge on any atom is -0.393 e. The van der Waals surface area contributed by atoms with Crippen molar-refractivity contribution in [1.82, 2.24) is 14.8 Å². The maximum Gasteiger partial charge on any atom is 0.170 e. The molecule has 6 nitrogen and oxygen atoms in total. The van der Waals surface area contributed by atoms with Crippen LogP contribution in [0.5, 0.6) is 0 Å². The highest BCUT2D eigenvalue weighted by Gasteiger charge is 2.37. The first-order chi connectivity index (χ1) is 15.3. The minimum absolute atomic E-state index is 0.0702. The Hall–Kier alpha value is -2.72. The van der Waals surface area contributed by atoms with Gasteiger partial charge in [0.2, 0.25) is 0 Å². The molecule has 1 aliphatic carbocycles. The van der Waals surface area contributed by atoms with Crippen LogP contribution in [0.15, 0.2) is 42.7 Å². The molecule has 2 aromatic heterocycles. The van der Waals surface area contributed by atoms with Gasteiger partial charge in [-0.05, 0) is 62.4 Å². The van der Waals surface area contributed by atoms with Crippen molar-refractivity contribution in [2.24, 2.45) is 0 Å². The Bertz CT molecular complexity index is 1190. The second-order valence-corrected chi connectivity index (χ2v) is 9.04. The molecule has 0 unspecified atom stereocenters. The number of aliphatic hydroxyl groups excluding tert-OH is 1. The van der Waals surface area contributed by atoms with Crippen LogP contribution in [-0.4, -0.2) is 31.8 Å². The Morgan fingerprint density at radius 2 is 1.97 bits per heavy atom. The number of nitrogens with zero attached hydrogens (tertiary/aromatic N) is 4. The summed E-state index contributed by atoms with van der Waals surface area (Å²) in [6.07, 6.45) is 5.41. The molecule has 1 fully saturated rings. The lowest BCUT2D eigenvalue weighted by Crippen LogP contribution is -2.33. The van der Waals surface area contributed by atoms with Crippen LogP contribution >= 0.6 is 23.2 Å². The van der Waals surface area contributed by atoms with Crippen LogP contribution in [0.2, 0.25) is 10.0 Å². The summed E-state index contributed by atoms with van der Waals surface area (Å²) in [4.78, 5) is 17.4. The minimum atomic E-state index is -0.667. The van der Waals surface area contributed by atoms with Crippen LogP contribution in [0.4, 0.5) is 0 Å². The Balaban J connectivity index is 1.51. The van der Waals surface area contributed by atoms with Gasteiger partial charge in [-0.25, -0.2) is 4.68 Å². The number of Topliss-reactive ketones (excluding diaryl/α,β-unsaturated/α-hetero) is 1. The molecule has 1 aliphatic rings. The molecule has 1 saturated carbocycles. The zero-order valence-corrected chi connectivity index (χ0v) is 19.1. The van der Waals surface area contributed by atoms with Crippen molar-refractivity contribution < 1.29 is 9.90 Å². The zero-order valence-electron chi connectivity index (χ0n) is 17.6. The molecule has 0 aliphatic heterocycles. The van der Waals surface area contributed by atoms with E-state index in [1.807, 2.05) is 19.1 Å². The van der Waals surface area contributed by atoms with Crippen molar-refractivity contribution in [2.75, 3.05) is 0 Å². The number of hydrogen-bond donors (Lipinski definition) is 1. The molecule has 32 heavy (non-hydrogen) atoms. The van der Waals surface area contributed by atoms with Crippen molar-refractivity contribution in [3.8, 4) is 11.8 Å². The van der Waals surface area contributed by atoms with Crippen LogP contribution in [-0.2, 0) is 11.8 Å². The van der Waals surface area contributed by atoms with Crippen LogP contribution in [0.3, 0.4) is 0 Å². The molecule has 164 valence electrons. The molecule has 1 aromatic carbocycles. The summed E-state index contributed by atoms with van der Waals surface area (Å²) in [5.41, 5.74) is 2.76. The van der Waals surface area contributed by atoms with Crippen molar-refractivity contribution in [1.29, 1.82) is 5.26 Å². The van der Waals surface area contributed by atoms with Crippen LogP contribution in [0.1, 0.15) is 53.0 Å². The number of aliphatic hydroxyl groups is 1. The maximum absolute atomic E-state index is 12.9. The first-order valence-corrected chi connectivity index (χ1v) is 11.2. The highest BCUT2D eigenvalue weighted by molar-refractivity contribution is 6.42. The first-order valence-electron chi connectivity index (χ1n) is 10.4. The Labute approximate surface area is 196 Å². The summed E-state index contributed by atoms with van der Waals surface area (Å²) >= 11 is 12.1. The zero-order chi connectivity index (χ0) is 22.9. The van der Waals surface area contributed by atoms with E-state index in [9.17, 15) is 15.2 Å². The monoisotopic (exact) mass is 468 g/mol. The average Bonchev–Trinajstić information content (AvgIpc) is 3.18. The molecule has 1 N–H and O–H groups in total. The van der Waals surface area contributed by atoms with E-state index in [0.29, 0.717) is 52.7 Å². The average molecular weight is 469 g/mol. The summed E-state index contributed by atoms with van der Waals surface area (Å²) in [7, 11) is 0. The lowest BCUT2D eigenvalue weighted by atomic mass is 9.72. The van der Waals surface area contributed by atoms with Gasteiger partial charge in [0.15, 0.2) is 5.78 Å². The summed E-state index contributed by atoms with van der Waals surface area (Å²) in [5.74, 6) is -0.0702. The highest BCUT2D eigenvalue weighted by Crippen LogP contribution is 2.38. The maximum atomic E-state index is 12.9. The van der Waals surface area contributed by atoms with E-state index in [1.54, 1.807) is 35.3 Å². The van der Waals surface area contributed by atoms with Gasteiger partial charge in [-0.3, -0.25) is 9.78 Å². The molecule has 0 atom stereocenters. The van der Waals surface area contributed by atoms with E-state index < -0.39 is 5.41 Å². The predicted octanol–water partition coefficient (Wildman–Crippen LogP) is 5.00. The number of carbonyl (C=O) groups excluding carboxylic acids is 1. The third-order valence-corrected chi connectivity index (χ3v) is 6.90. The fourth-order valence-corrected chi connectivity index (χ4v) is 4.47. The molecular weight excluding hydrogens is 447 g/mol. The van der Waals surface area contributed by atoms with Crippen molar-refractivity contribution in [3.63, 3.8) is 0 Å². The van der Waals surface area contributed by atoms with Gasteiger partial charge in [0.05, 0.1) is 56.5 Å². The molecule has 8 heteroatoms. The summed E-state index contributed by atoms with van der Waals surface area (Å²) < 4.78 is 1.66. The number of ketones is 1. The Morgan fingerprint density at radius 1 is 1.22 bits per heavy atom. The normalized spacial score (nSPS) is 20.7. The van der Waals surface area contributed by atoms with Crippen molar-refractivity contribution >= 4 is 29.0 Å². The van der Waals surface area contributed by atoms with Gasteiger partial charge >= 0.3 is 0 Å². The van der Waals surface area contributed by atoms with Crippen LogP contribution in [0.25, 0.3) is 5.69 Å². The van der Waals surface area contributed by atoms with Crippen LogP contribution < -0.4 is 0 Å². The topological polar surface area (TPSA) is 91.8 Å². The van der Waals surface area contributed by atoms with Gasteiger partial charge in [0.25, 0.3) is 0 Å². The van der Waals surface area contributed by atoms with Crippen molar-refractivity contribution in [2.45, 2.75) is 50.5 Å². The van der Waals surface area contributed by atoms with E-state index in [-0.39, 0.29) is 18.3 Å². The Morgan fingerprint density at radius 3 is 2.59 bits per heavy atom. The van der Waals surface area contributed by atoms with Gasteiger partial charge in [0, 0.05) is 12.6 Å². The first kappa shape index (κ1) is 22.5. The second-order valence-electron chi connectivity index (χ2n) is 8.23. The summed E-state index contributed by atoms with van der Waals surface area (Å²) in [6.45, 7) is 1.83. The fourth-order valence-electron chi connectivity index (χ4n) is 4.17. The number of hydrogen-bond acceptors (Lipinski definition) is 5. The van der Waals surface area contributed by atoms with E-state index in [1.165, 1.54) is 0 Å². The number of aromatic nitrogens is 3. The lowest BCUT2D eigenvalue weighted by Gasteiger charge is -2.32. The molecular formula is C24H22Cl2N4O2. The van der Waals surface area contributed by atoms with Gasteiger partial charge in [-0.1, -0.05) is 29.3 Å². The molecule has 4 rings (SSSR count). The van der Waals surface area contributed by atoms with E-state index in [2.05, 4.69) is 16.2 Å². The lowest BCUT2D eigenvalue weighted by molar-refractivity contribution is 0.0991. The highest BCUT2D eigenvalue weighted by atomic mass is 35.5. The fraction of sp³-hybridized carbons (Fsp3) is 0.333. The standard InChI is InChI=1S/C24H22Cl2N4O2/c1-15-19(13-29-30(15)17-3-4-20(25)21(26)11-17)22(32)10-16-2-5-23(28-12-16)24(14-27)8-6-18(31)7-9-24/h2-5,11-13,18,31H,6-10H2,1H3. The molecule has 2 heterocycles. The number of carbonyl (C=O) groups is 1. The molecule has 0 bridgehead atoms. The summed E-state index contributed by atoms with van der Waals surface area (Å²) in [6, 6.07) is 11.3. The second kappa shape index (κ2) is 9.03. The number of benzene rings is 1. The van der Waals surface area contributed by atoms with Gasteiger partial charge in [0.1, 0.15) is 0 Å². The number of nitriles is 1. The predicted molar refractivity (Wildman–Crippen MR) is 122 cm³/mol. The van der Waals surface area contributed by atoms with Gasteiger partial charge < -0.3 is 5.11 Å². The number of halogens is 2. The Kier molecular flexibility index (Phi) is 6.34. The van der Waals surface area contributed by atoms with Gasteiger partial charge in [-0.15, -0.1) is 0 Å². The molecule has 3 aromatic rings. The largest absolute Gasteiger partial charge is 0.393 e. The van der Waals surface area contributed by atoms with E-state index in [4.69, 9.17) is 23.2 Å². The molecule has 0 saturated heterocycles. The SMILES string of the molecule is Cc1c(C(=O)Cc2ccc(C3(C#N)CCC(O)CC3)nc2)cnn1-c1ccc(Cl)c(Cl)c1. The third-order valence-electron chi connectivity index (χ3n) is 6.16. The molecule has 0 amide bonds. The van der Waals surface area contributed by atoms with E-state index >= 15 is 0 Å². The van der Waals surface area contributed by atoms with Crippen LogP contribution in [0, 0.1) is 18.3 Å².